The van der Waals surface area contributed by atoms with Gasteiger partial charge in [-0.15, -0.1) is 6.58 Å². The molecule has 0 bridgehead atoms. The predicted molar refractivity (Wildman–Crippen MR) is 75.4 cm³/mol. The van der Waals surface area contributed by atoms with Crippen molar-refractivity contribution in [2.24, 2.45) is 0 Å². The van der Waals surface area contributed by atoms with Gasteiger partial charge in [-0.1, -0.05) is 6.08 Å². The Labute approximate surface area is 112 Å². The lowest BCUT2D eigenvalue weighted by molar-refractivity contribution is 0.355. The van der Waals surface area contributed by atoms with Gasteiger partial charge in [0.25, 0.3) is 0 Å². The van der Waals surface area contributed by atoms with Crippen molar-refractivity contribution in [3.05, 3.63) is 37.2 Å². The van der Waals surface area contributed by atoms with Crippen LogP contribution in [0.1, 0.15) is 0 Å². The number of methoxy groups -OCH3 is 2. The van der Waals surface area contributed by atoms with E-state index in [0.717, 1.165) is 11.3 Å². The minimum Gasteiger partial charge on any atom is -0.493 e. The lowest BCUT2D eigenvalue weighted by Crippen LogP contribution is -2.00. The van der Waals surface area contributed by atoms with Crippen molar-refractivity contribution in [1.82, 2.24) is 9.55 Å². The molecule has 0 saturated heterocycles. The lowest BCUT2D eigenvalue weighted by Gasteiger charge is -2.09. The molecule has 2 rings (SSSR count). The van der Waals surface area contributed by atoms with E-state index >= 15 is 0 Å². The van der Waals surface area contributed by atoms with Gasteiger partial charge in [0.05, 0.1) is 20.5 Å². The third kappa shape index (κ3) is 2.40. The molecule has 0 aliphatic carbocycles. The molecule has 0 saturated carbocycles. The highest BCUT2D eigenvalue weighted by Gasteiger charge is 2.12. The van der Waals surface area contributed by atoms with Gasteiger partial charge >= 0.3 is 0 Å². The Morgan fingerprint density at radius 1 is 1.32 bits per heavy atom. The third-order valence-corrected chi connectivity index (χ3v) is 2.86. The van der Waals surface area contributed by atoms with Crippen LogP contribution in [0.5, 0.6) is 11.5 Å². The highest BCUT2D eigenvalue weighted by atomic mass is 16.5. The Morgan fingerprint density at radius 3 is 2.68 bits per heavy atom. The minimum absolute atomic E-state index is 0.604. The molecule has 1 aromatic carbocycles. The second kappa shape index (κ2) is 5.48. The van der Waals surface area contributed by atoms with Gasteiger partial charge in [-0.2, -0.15) is 0 Å². The molecular formula is C14H17N3O2. The van der Waals surface area contributed by atoms with Gasteiger partial charge in [0.2, 0.25) is 0 Å². The molecule has 0 aliphatic rings. The van der Waals surface area contributed by atoms with Gasteiger partial charge in [0, 0.05) is 12.1 Å². The summed E-state index contributed by atoms with van der Waals surface area (Å²) < 4.78 is 12.3. The summed E-state index contributed by atoms with van der Waals surface area (Å²) in [5.74, 6) is 1.93. The fraction of sp³-hybridized carbons (Fsp3) is 0.214. The molecule has 2 N–H and O–H groups in total. The molecule has 0 aliphatic heterocycles. The minimum atomic E-state index is 0.604. The molecule has 0 amide bonds. The summed E-state index contributed by atoms with van der Waals surface area (Å²) in [6.07, 6.45) is 3.47. The van der Waals surface area contributed by atoms with Crippen LogP contribution in [0.4, 0.5) is 5.82 Å². The Kier molecular flexibility index (Phi) is 3.75. The van der Waals surface area contributed by atoms with E-state index in [9.17, 15) is 0 Å². The van der Waals surface area contributed by atoms with Crippen LogP contribution >= 0.6 is 0 Å². The summed E-state index contributed by atoms with van der Waals surface area (Å²) in [6.45, 7) is 4.32. The van der Waals surface area contributed by atoms with E-state index in [0.29, 0.717) is 23.9 Å². The maximum Gasteiger partial charge on any atom is 0.161 e. The van der Waals surface area contributed by atoms with E-state index in [2.05, 4.69) is 11.6 Å². The second-order valence-corrected chi connectivity index (χ2v) is 3.99. The average Bonchev–Trinajstić information content (AvgIpc) is 2.80. The van der Waals surface area contributed by atoms with E-state index in [1.54, 1.807) is 26.6 Å². The number of aromatic nitrogens is 2. The Balaban J connectivity index is 2.44. The number of hydrogen-bond acceptors (Lipinski definition) is 4. The number of benzene rings is 1. The summed E-state index contributed by atoms with van der Waals surface area (Å²) in [4.78, 5) is 4.33. The SMILES string of the molecule is C=CCn1cnc(-c2ccc(OC)c(OC)c2)c1N. The number of imidazole rings is 1. The van der Waals surface area contributed by atoms with Crippen molar-refractivity contribution in [2.75, 3.05) is 20.0 Å². The number of hydrogen-bond donors (Lipinski definition) is 1. The van der Waals surface area contributed by atoms with Gasteiger partial charge in [0.1, 0.15) is 11.5 Å². The molecule has 5 nitrogen and oxygen atoms in total. The van der Waals surface area contributed by atoms with Crippen molar-refractivity contribution >= 4 is 5.82 Å². The number of nitrogens with two attached hydrogens (primary N) is 1. The topological polar surface area (TPSA) is 62.3 Å². The Bertz CT molecular complexity index is 590. The quantitative estimate of drug-likeness (QED) is 0.837. The summed E-state index contributed by atoms with van der Waals surface area (Å²) >= 11 is 0. The van der Waals surface area contributed by atoms with Crippen LogP contribution in [-0.4, -0.2) is 23.8 Å². The highest BCUT2D eigenvalue weighted by molar-refractivity contribution is 5.72. The Hall–Kier alpha value is -2.43. The zero-order chi connectivity index (χ0) is 13.8. The van der Waals surface area contributed by atoms with Crippen LogP contribution in [-0.2, 0) is 6.54 Å². The lowest BCUT2D eigenvalue weighted by atomic mass is 10.1. The number of rotatable bonds is 5. The number of nitrogen functional groups attached to an aromatic ring is 1. The van der Waals surface area contributed by atoms with Crippen LogP contribution in [0.3, 0.4) is 0 Å². The van der Waals surface area contributed by atoms with Crippen LogP contribution < -0.4 is 15.2 Å². The van der Waals surface area contributed by atoms with Crippen LogP contribution in [0.2, 0.25) is 0 Å². The first-order valence-corrected chi connectivity index (χ1v) is 5.85. The summed E-state index contributed by atoms with van der Waals surface area (Å²) in [7, 11) is 3.20. The molecule has 0 radical (unpaired) electrons. The summed E-state index contributed by atoms with van der Waals surface area (Å²) in [5.41, 5.74) is 7.68. The number of ether oxygens (including phenoxy) is 2. The normalized spacial score (nSPS) is 10.2. The van der Waals surface area contributed by atoms with E-state index in [4.69, 9.17) is 15.2 Å². The second-order valence-electron chi connectivity index (χ2n) is 3.99. The van der Waals surface area contributed by atoms with Gasteiger partial charge in [0.15, 0.2) is 11.5 Å². The predicted octanol–water partition coefficient (Wildman–Crippen LogP) is 2.34. The van der Waals surface area contributed by atoms with Gasteiger partial charge in [-0.3, -0.25) is 0 Å². The van der Waals surface area contributed by atoms with E-state index in [-0.39, 0.29) is 0 Å². The third-order valence-electron chi connectivity index (χ3n) is 2.86. The van der Waals surface area contributed by atoms with Gasteiger partial charge in [-0.25, -0.2) is 4.98 Å². The highest BCUT2D eigenvalue weighted by Crippen LogP contribution is 2.33. The molecule has 0 spiro atoms. The molecule has 1 heterocycles. The van der Waals surface area contributed by atoms with Gasteiger partial charge in [-0.05, 0) is 18.2 Å². The van der Waals surface area contributed by atoms with Crippen LogP contribution in [0.25, 0.3) is 11.3 Å². The van der Waals surface area contributed by atoms with Crippen molar-refractivity contribution in [3.8, 4) is 22.8 Å². The molecule has 0 fully saturated rings. The standard InChI is InChI=1S/C14H17N3O2/c1-4-7-17-9-16-13(14(17)15)10-5-6-11(18-2)12(8-10)19-3/h4-6,8-9H,1,7,15H2,2-3H3. The molecule has 5 heteroatoms. The van der Waals surface area contributed by atoms with E-state index < -0.39 is 0 Å². The molecule has 19 heavy (non-hydrogen) atoms. The summed E-state index contributed by atoms with van der Waals surface area (Å²) in [6, 6.07) is 5.59. The van der Waals surface area contributed by atoms with Crippen molar-refractivity contribution in [2.45, 2.75) is 6.54 Å². The van der Waals surface area contributed by atoms with E-state index in [1.165, 1.54) is 0 Å². The maximum absolute atomic E-state index is 6.06. The van der Waals surface area contributed by atoms with Crippen LogP contribution in [0.15, 0.2) is 37.2 Å². The monoisotopic (exact) mass is 259 g/mol. The van der Waals surface area contributed by atoms with Crippen LogP contribution in [0, 0.1) is 0 Å². The molecule has 1 aromatic heterocycles. The number of anilines is 1. The maximum atomic E-state index is 6.06. The average molecular weight is 259 g/mol. The molecule has 2 aromatic rings. The molecule has 0 atom stereocenters. The Morgan fingerprint density at radius 2 is 2.05 bits per heavy atom. The van der Waals surface area contributed by atoms with Crippen molar-refractivity contribution in [1.29, 1.82) is 0 Å². The first-order chi connectivity index (χ1) is 9.21. The smallest absolute Gasteiger partial charge is 0.161 e. The van der Waals surface area contributed by atoms with Crippen molar-refractivity contribution < 1.29 is 9.47 Å². The first-order valence-electron chi connectivity index (χ1n) is 5.85. The number of allylic oxidation sites excluding steroid dienone is 1. The fourth-order valence-electron chi connectivity index (χ4n) is 1.88. The van der Waals surface area contributed by atoms with Crippen molar-refractivity contribution in [3.63, 3.8) is 0 Å². The molecule has 0 unspecified atom stereocenters. The summed E-state index contributed by atoms with van der Waals surface area (Å²) in [5, 5.41) is 0. The van der Waals surface area contributed by atoms with E-state index in [1.807, 2.05) is 22.8 Å². The zero-order valence-electron chi connectivity index (χ0n) is 11.1. The number of nitrogens with zero attached hydrogens (tertiary/aromatic N) is 2. The van der Waals surface area contributed by atoms with Gasteiger partial charge < -0.3 is 19.8 Å². The zero-order valence-corrected chi connectivity index (χ0v) is 11.1. The molecule has 100 valence electrons. The molecular weight excluding hydrogens is 242 g/mol. The first kappa shape index (κ1) is 13.0. The largest absolute Gasteiger partial charge is 0.493 e. The fourth-order valence-corrected chi connectivity index (χ4v) is 1.88.